The van der Waals surface area contributed by atoms with Gasteiger partial charge >= 0.3 is 0 Å². The number of halogens is 1. The fourth-order valence-electron chi connectivity index (χ4n) is 1.04. The minimum atomic E-state index is 0. The lowest BCUT2D eigenvalue weighted by molar-refractivity contribution is 0.554. The summed E-state index contributed by atoms with van der Waals surface area (Å²) in [4.78, 5) is 1.89. The van der Waals surface area contributed by atoms with Gasteiger partial charge in [-0.3, -0.25) is 10.8 Å². The summed E-state index contributed by atoms with van der Waals surface area (Å²) in [6, 6.07) is 0. The van der Waals surface area contributed by atoms with Crippen LogP contribution in [-0.2, 0) is 0 Å². The third-order valence-electron chi connectivity index (χ3n) is 1.58. The van der Waals surface area contributed by atoms with Crippen molar-refractivity contribution in [3.63, 3.8) is 0 Å². The topological polar surface area (TPSA) is 51.5 Å². The molecule has 0 spiro atoms. The molecule has 12 heavy (non-hydrogen) atoms. The van der Waals surface area contributed by atoms with E-state index < -0.39 is 0 Å². The molecule has 0 aromatic rings. The highest BCUT2D eigenvalue weighted by Crippen LogP contribution is 2.04. The maximum atomic E-state index is 7.52. The fraction of sp³-hybridized carbons (Fsp3) is 0.143. The van der Waals surface area contributed by atoms with Crippen LogP contribution in [0.2, 0.25) is 0 Å². The molecule has 0 bridgehead atoms. The Morgan fingerprint density at radius 1 is 1.50 bits per heavy atom. The maximum absolute atomic E-state index is 7.52. The Morgan fingerprint density at radius 3 is 3.17 bits per heavy atom. The second-order valence-corrected chi connectivity index (χ2v) is 2.34. The van der Waals surface area contributed by atoms with Crippen LogP contribution in [-0.4, -0.2) is 23.1 Å². The second kappa shape index (κ2) is 3.40. The first-order chi connectivity index (χ1) is 5.38. The van der Waals surface area contributed by atoms with Crippen LogP contribution in [0.4, 0.5) is 0 Å². The number of nitrogens with one attached hydrogen (secondary N) is 2. The van der Waals surface area contributed by atoms with Crippen molar-refractivity contribution in [3.8, 4) is 0 Å². The summed E-state index contributed by atoms with van der Waals surface area (Å²) >= 11 is 0. The number of rotatable bonds is 0. The Morgan fingerprint density at radius 2 is 2.33 bits per heavy atom. The Balaban J connectivity index is 0.000000720. The van der Waals surface area contributed by atoms with Crippen molar-refractivity contribution in [2.45, 2.75) is 0 Å². The molecule has 2 rings (SSSR count). The van der Waals surface area contributed by atoms with E-state index in [2.05, 4.69) is 10.5 Å². The highest BCUT2D eigenvalue weighted by molar-refractivity contribution is 6.44. The first kappa shape index (κ1) is 8.80. The first-order valence-electron chi connectivity index (χ1n) is 3.39. The van der Waals surface area contributed by atoms with Crippen molar-refractivity contribution in [1.82, 2.24) is 10.3 Å². The molecule has 4 nitrogen and oxygen atoms in total. The van der Waals surface area contributed by atoms with Crippen LogP contribution < -0.4 is 5.43 Å². The molecule has 0 amide bonds. The standard InChI is InChI=1S/C7H8N4.ClH/c8-6-3-1-2-4-11-5-9-10-7(6)11;/h1-4,8-9H,5H2;1H. The summed E-state index contributed by atoms with van der Waals surface area (Å²) < 4.78 is 0. The molecule has 0 aromatic heterocycles. The van der Waals surface area contributed by atoms with Gasteiger partial charge in [-0.25, -0.2) is 0 Å². The summed E-state index contributed by atoms with van der Waals surface area (Å²) in [5.74, 6) is 0.690. The molecule has 0 aromatic carbocycles. The van der Waals surface area contributed by atoms with Gasteiger partial charge in [-0.05, 0) is 12.2 Å². The Labute approximate surface area is 76.6 Å². The number of fused-ring (bicyclic) bond motifs is 1. The number of amidine groups is 1. The minimum absolute atomic E-state index is 0. The molecule has 0 unspecified atom stereocenters. The summed E-state index contributed by atoms with van der Waals surface area (Å²) in [7, 11) is 0. The summed E-state index contributed by atoms with van der Waals surface area (Å²) in [6.07, 6.45) is 7.35. The summed E-state index contributed by atoms with van der Waals surface area (Å²) in [6.45, 7) is 0.663. The van der Waals surface area contributed by atoms with Gasteiger partial charge in [0.1, 0.15) is 6.67 Å². The third-order valence-corrected chi connectivity index (χ3v) is 1.58. The highest BCUT2D eigenvalue weighted by Gasteiger charge is 2.17. The van der Waals surface area contributed by atoms with E-state index in [0.29, 0.717) is 18.2 Å². The van der Waals surface area contributed by atoms with Crippen molar-refractivity contribution in [1.29, 1.82) is 5.41 Å². The van der Waals surface area contributed by atoms with E-state index in [1.54, 1.807) is 6.08 Å². The zero-order valence-corrected chi connectivity index (χ0v) is 7.14. The van der Waals surface area contributed by atoms with E-state index in [1.807, 2.05) is 23.3 Å². The van der Waals surface area contributed by atoms with E-state index in [0.717, 1.165) is 0 Å². The molecule has 2 aliphatic rings. The predicted molar refractivity (Wildman–Crippen MR) is 50.5 cm³/mol. The number of hydrogen-bond acceptors (Lipinski definition) is 4. The highest BCUT2D eigenvalue weighted by atomic mass is 35.5. The van der Waals surface area contributed by atoms with Crippen LogP contribution in [0.25, 0.3) is 0 Å². The van der Waals surface area contributed by atoms with Gasteiger partial charge in [0.15, 0.2) is 5.84 Å². The molecule has 2 aliphatic heterocycles. The number of allylic oxidation sites excluding steroid dienone is 2. The average molecular weight is 185 g/mol. The molecule has 2 N–H and O–H groups in total. The quantitative estimate of drug-likeness (QED) is 0.582. The van der Waals surface area contributed by atoms with Crippen molar-refractivity contribution in [2.75, 3.05) is 6.67 Å². The van der Waals surface area contributed by atoms with E-state index in [1.165, 1.54) is 0 Å². The summed E-state index contributed by atoms with van der Waals surface area (Å²) in [5, 5.41) is 11.5. The SMILES string of the molecule is Cl.N=C1C=CC=CN2CNN=C12. The lowest BCUT2D eigenvalue weighted by Gasteiger charge is -2.10. The second-order valence-electron chi connectivity index (χ2n) is 2.34. The van der Waals surface area contributed by atoms with Gasteiger partial charge in [-0.1, -0.05) is 6.08 Å². The van der Waals surface area contributed by atoms with E-state index >= 15 is 0 Å². The van der Waals surface area contributed by atoms with E-state index in [4.69, 9.17) is 5.41 Å². The molecule has 0 saturated carbocycles. The first-order valence-corrected chi connectivity index (χ1v) is 3.39. The zero-order chi connectivity index (χ0) is 7.68. The van der Waals surface area contributed by atoms with Crippen LogP contribution >= 0.6 is 12.4 Å². The predicted octanol–water partition coefficient (Wildman–Crippen LogP) is 0.688. The van der Waals surface area contributed by atoms with Gasteiger partial charge in [0.05, 0.1) is 5.71 Å². The molecule has 5 heteroatoms. The molecule has 0 fully saturated rings. The van der Waals surface area contributed by atoms with Gasteiger partial charge in [0.25, 0.3) is 0 Å². The Bertz CT molecular complexity index is 279. The van der Waals surface area contributed by atoms with Gasteiger partial charge < -0.3 is 4.90 Å². The molecular formula is C7H9ClN4. The lowest BCUT2D eigenvalue weighted by atomic mass is 10.3. The van der Waals surface area contributed by atoms with Crippen molar-refractivity contribution in [3.05, 3.63) is 24.4 Å². The van der Waals surface area contributed by atoms with Gasteiger partial charge in [0, 0.05) is 6.20 Å². The fourth-order valence-corrected chi connectivity index (χ4v) is 1.04. The molecular weight excluding hydrogens is 176 g/mol. The molecule has 0 atom stereocenters. The minimum Gasteiger partial charge on any atom is -0.310 e. The third kappa shape index (κ3) is 1.33. The molecule has 0 radical (unpaired) electrons. The largest absolute Gasteiger partial charge is 0.310 e. The smallest absolute Gasteiger partial charge is 0.179 e. The molecule has 2 heterocycles. The van der Waals surface area contributed by atoms with Crippen molar-refractivity contribution >= 4 is 24.0 Å². The summed E-state index contributed by atoms with van der Waals surface area (Å²) in [5.41, 5.74) is 3.25. The Hall–Kier alpha value is -1.29. The van der Waals surface area contributed by atoms with Crippen LogP contribution in [0.3, 0.4) is 0 Å². The van der Waals surface area contributed by atoms with E-state index in [-0.39, 0.29) is 12.4 Å². The number of hydrogen-bond donors (Lipinski definition) is 2. The van der Waals surface area contributed by atoms with Crippen LogP contribution in [0.5, 0.6) is 0 Å². The lowest BCUT2D eigenvalue weighted by Crippen LogP contribution is -2.27. The number of hydrazone groups is 1. The molecule has 64 valence electrons. The zero-order valence-electron chi connectivity index (χ0n) is 6.32. The van der Waals surface area contributed by atoms with Crippen LogP contribution in [0.1, 0.15) is 0 Å². The number of nitrogens with zero attached hydrogens (tertiary/aromatic N) is 2. The molecule has 0 saturated heterocycles. The molecule has 0 aliphatic carbocycles. The maximum Gasteiger partial charge on any atom is 0.179 e. The van der Waals surface area contributed by atoms with Crippen LogP contribution in [0.15, 0.2) is 29.5 Å². The van der Waals surface area contributed by atoms with Crippen molar-refractivity contribution in [2.24, 2.45) is 5.10 Å². The van der Waals surface area contributed by atoms with E-state index in [9.17, 15) is 0 Å². The Kier molecular flexibility index (Phi) is 2.50. The van der Waals surface area contributed by atoms with Gasteiger partial charge in [-0.2, -0.15) is 5.10 Å². The van der Waals surface area contributed by atoms with Gasteiger partial charge in [0.2, 0.25) is 0 Å². The van der Waals surface area contributed by atoms with Crippen LogP contribution in [0, 0.1) is 5.41 Å². The normalized spacial score (nSPS) is 19.2. The monoisotopic (exact) mass is 184 g/mol. The average Bonchev–Trinajstić information content (AvgIpc) is 2.40. The van der Waals surface area contributed by atoms with Gasteiger partial charge in [-0.15, -0.1) is 12.4 Å². The van der Waals surface area contributed by atoms with Crippen molar-refractivity contribution < 1.29 is 0 Å².